The van der Waals surface area contributed by atoms with Crippen molar-refractivity contribution in [2.75, 3.05) is 10.6 Å². The van der Waals surface area contributed by atoms with Gasteiger partial charge in [0, 0.05) is 42.0 Å². The van der Waals surface area contributed by atoms with Crippen molar-refractivity contribution in [2.24, 2.45) is 0 Å². The number of ether oxygens (including phenoxy) is 1. The highest BCUT2D eigenvalue weighted by molar-refractivity contribution is 6.05. The van der Waals surface area contributed by atoms with Gasteiger partial charge in [-0.05, 0) is 63.1 Å². The molecule has 2 aromatic rings. The van der Waals surface area contributed by atoms with Crippen LogP contribution in [0.5, 0.6) is 5.75 Å². The van der Waals surface area contributed by atoms with Gasteiger partial charge in [-0.2, -0.15) is 13.2 Å². The number of benzene rings is 2. The van der Waals surface area contributed by atoms with Crippen LogP contribution >= 0.6 is 0 Å². The summed E-state index contributed by atoms with van der Waals surface area (Å²) in [6.07, 6.45) is -2.76. The summed E-state index contributed by atoms with van der Waals surface area (Å²) in [6.45, 7) is 7.87. The Hall–Kier alpha value is -3.49. The Morgan fingerprint density at radius 3 is 2.62 bits per heavy atom. The summed E-state index contributed by atoms with van der Waals surface area (Å²) in [5, 5.41) is 5.62. The number of nitrogens with one attached hydrogen (secondary N) is 2. The van der Waals surface area contributed by atoms with Crippen molar-refractivity contribution in [1.82, 2.24) is 4.90 Å². The van der Waals surface area contributed by atoms with Crippen LogP contribution in [0.2, 0.25) is 0 Å². The third kappa shape index (κ3) is 4.88. The van der Waals surface area contributed by atoms with Crippen LogP contribution in [0.4, 0.5) is 29.3 Å². The molecular formula is C25H26F3N3O3. The zero-order valence-electron chi connectivity index (χ0n) is 19.3. The lowest BCUT2D eigenvalue weighted by Crippen LogP contribution is -2.42. The second kappa shape index (κ2) is 8.38. The number of alkyl halides is 3. The van der Waals surface area contributed by atoms with Gasteiger partial charge in [-0.3, -0.25) is 4.79 Å². The zero-order chi connectivity index (χ0) is 24.8. The summed E-state index contributed by atoms with van der Waals surface area (Å²) in [6, 6.07) is 8.43. The molecule has 34 heavy (non-hydrogen) atoms. The monoisotopic (exact) mass is 473 g/mol. The summed E-state index contributed by atoms with van der Waals surface area (Å²) in [4.78, 5) is 26.8. The maximum Gasteiger partial charge on any atom is 0.416 e. The van der Waals surface area contributed by atoms with Gasteiger partial charge in [0.15, 0.2) is 0 Å². The minimum absolute atomic E-state index is 0.0537. The predicted molar refractivity (Wildman–Crippen MR) is 124 cm³/mol. The Labute approximate surface area is 195 Å². The molecule has 0 aromatic heterocycles. The van der Waals surface area contributed by atoms with Crippen LogP contribution < -0.4 is 15.4 Å². The molecule has 2 aromatic carbocycles. The quantitative estimate of drug-likeness (QED) is 0.534. The third-order valence-corrected chi connectivity index (χ3v) is 5.81. The van der Waals surface area contributed by atoms with E-state index < -0.39 is 23.2 Å². The van der Waals surface area contributed by atoms with Crippen molar-refractivity contribution in [3.05, 3.63) is 59.2 Å². The highest BCUT2D eigenvalue weighted by Gasteiger charge is 2.35. The maximum absolute atomic E-state index is 13.1. The number of amides is 3. The van der Waals surface area contributed by atoms with Crippen molar-refractivity contribution in [2.45, 2.75) is 58.5 Å². The lowest BCUT2D eigenvalue weighted by Gasteiger charge is -2.34. The van der Waals surface area contributed by atoms with Gasteiger partial charge < -0.3 is 20.3 Å². The molecule has 6 nitrogen and oxygen atoms in total. The minimum Gasteiger partial charge on any atom is -0.487 e. The number of nitrogens with zero attached hydrogens (tertiary/aromatic N) is 1. The normalized spacial score (nSPS) is 18.2. The zero-order valence-corrected chi connectivity index (χ0v) is 19.3. The number of anilines is 2. The number of urea groups is 1. The van der Waals surface area contributed by atoms with Crippen molar-refractivity contribution in [3.63, 3.8) is 0 Å². The Morgan fingerprint density at radius 2 is 1.94 bits per heavy atom. The Balaban J connectivity index is 1.57. The second-order valence-electron chi connectivity index (χ2n) is 9.43. The van der Waals surface area contributed by atoms with Gasteiger partial charge in [0.05, 0.1) is 5.56 Å². The smallest absolute Gasteiger partial charge is 0.416 e. The molecule has 180 valence electrons. The van der Waals surface area contributed by atoms with E-state index in [2.05, 4.69) is 10.6 Å². The summed E-state index contributed by atoms with van der Waals surface area (Å²) in [7, 11) is 0. The molecule has 0 bridgehead atoms. The first-order valence-electron chi connectivity index (χ1n) is 11.0. The minimum atomic E-state index is -4.49. The van der Waals surface area contributed by atoms with E-state index in [-0.39, 0.29) is 17.8 Å². The SMILES string of the molecule is CC(C)N1Cc2ccc(NC(=O)/C=C3\CC(C)(C)Oc4cc(C(F)(F)F)ccc43)cc2NC1=O. The predicted octanol–water partition coefficient (Wildman–Crippen LogP) is 6.04. The average Bonchev–Trinajstić information content (AvgIpc) is 2.71. The molecule has 2 aliphatic heterocycles. The van der Waals surface area contributed by atoms with Gasteiger partial charge in [-0.15, -0.1) is 0 Å². The van der Waals surface area contributed by atoms with E-state index in [9.17, 15) is 22.8 Å². The standard InChI is InChI=1S/C25H26F3N3O3/c1-14(2)31-13-15-5-7-18(11-20(15)30-23(31)33)29-22(32)9-16-12-24(3,4)34-21-10-17(25(26,27)28)6-8-19(16)21/h5-11,14H,12-13H2,1-4H3,(H,29,32)(H,30,33)/b16-9+. The first kappa shape index (κ1) is 23.7. The van der Waals surface area contributed by atoms with Crippen LogP contribution in [0, 0.1) is 0 Å². The fourth-order valence-corrected chi connectivity index (χ4v) is 4.17. The van der Waals surface area contributed by atoms with Crippen molar-refractivity contribution in [3.8, 4) is 5.75 Å². The van der Waals surface area contributed by atoms with Crippen molar-refractivity contribution >= 4 is 28.9 Å². The van der Waals surface area contributed by atoms with E-state index in [1.807, 2.05) is 19.9 Å². The number of hydrogen-bond acceptors (Lipinski definition) is 3. The fourth-order valence-electron chi connectivity index (χ4n) is 4.17. The molecule has 0 unspecified atom stereocenters. The van der Waals surface area contributed by atoms with Crippen LogP contribution in [-0.2, 0) is 17.5 Å². The number of carbonyl (C=O) groups excluding carboxylic acids is 2. The van der Waals surface area contributed by atoms with Gasteiger partial charge in [0.25, 0.3) is 0 Å². The molecule has 9 heteroatoms. The number of halogens is 3. The van der Waals surface area contributed by atoms with E-state index in [0.717, 1.165) is 17.7 Å². The molecule has 0 spiro atoms. The van der Waals surface area contributed by atoms with Crippen molar-refractivity contribution < 1.29 is 27.5 Å². The molecule has 2 heterocycles. The summed E-state index contributed by atoms with van der Waals surface area (Å²) in [5.41, 5.74) is 1.51. The van der Waals surface area contributed by atoms with E-state index in [4.69, 9.17) is 4.74 Å². The summed E-state index contributed by atoms with van der Waals surface area (Å²) < 4.78 is 45.2. The van der Waals surface area contributed by atoms with E-state index >= 15 is 0 Å². The van der Waals surface area contributed by atoms with Gasteiger partial charge in [-0.1, -0.05) is 12.1 Å². The summed E-state index contributed by atoms with van der Waals surface area (Å²) in [5.74, 6) is -0.333. The third-order valence-electron chi connectivity index (χ3n) is 5.81. The molecule has 2 aliphatic rings. The first-order chi connectivity index (χ1) is 15.8. The molecule has 0 saturated heterocycles. The number of rotatable bonds is 3. The molecule has 4 rings (SSSR count). The number of carbonyl (C=O) groups is 2. The highest BCUT2D eigenvalue weighted by Crippen LogP contribution is 2.43. The number of hydrogen-bond donors (Lipinski definition) is 2. The van der Waals surface area contributed by atoms with Gasteiger partial charge >= 0.3 is 12.2 Å². The lowest BCUT2D eigenvalue weighted by atomic mass is 9.88. The first-order valence-corrected chi connectivity index (χ1v) is 11.0. The summed E-state index contributed by atoms with van der Waals surface area (Å²) >= 11 is 0. The molecule has 0 saturated carbocycles. The lowest BCUT2D eigenvalue weighted by molar-refractivity contribution is -0.137. The van der Waals surface area contributed by atoms with Gasteiger partial charge in [-0.25, -0.2) is 4.79 Å². The van der Waals surface area contributed by atoms with Crippen LogP contribution in [0.25, 0.3) is 5.57 Å². The second-order valence-corrected chi connectivity index (χ2v) is 9.43. The number of fused-ring (bicyclic) bond motifs is 2. The maximum atomic E-state index is 13.1. The molecule has 0 atom stereocenters. The Kier molecular flexibility index (Phi) is 5.83. The molecular weight excluding hydrogens is 447 g/mol. The van der Waals surface area contributed by atoms with Crippen LogP contribution in [0.1, 0.15) is 50.8 Å². The molecule has 2 N–H and O–H groups in total. The van der Waals surface area contributed by atoms with Crippen molar-refractivity contribution in [1.29, 1.82) is 0 Å². The average molecular weight is 473 g/mol. The fraction of sp³-hybridized carbons (Fsp3) is 0.360. The van der Waals surface area contributed by atoms with Gasteiger partial charge in [0.2, 0.25) is 5.91 Å². The van der Waals surface area contributed by atoms with Crippen LogP contribution in [0.3, 0.4) is 0 Å². The molecule has 3 amide bonds. The highest BCUT2D eigenvalue weighted by atomic mass is 19.4. The van der Waals surface area contributed by atoms with Crippen LogP contribution in [0.15, 0.2) is 42.5 Å². The van der Waals surface area contributed by atoms with Gasteiger partial charge in [0.1, 0.15) is 11.4 Å². The van der Waals surface area contributed by atoms with E-state index in [1.54, 1.807) is 30.9 Å². The largest absolute Gasteiger partial charge is 0.487 e. The van der Waals surface area contributed by atoms with E-state index in [1.165, 1.54) is 12.1 Å². The Morgan fingerprint density at radius 1 is 1.21 bits per heavy atom. The van der Waals surface area contributed by atoms with E-state index in [0.29, 0.717) is 35.5 Å². The molecule has 0 aliphatic carbocycles. The molecule has 0 radical (unpaired) electrons. The topological polar surface area (TPSA) is 70.7 Å². The van der Waals surface area contributed by atoms with Crippen LogP contribution in [-0.4, -0.2) is 28.5 Å². The molecule has 0 fully saturated rings. The Bertz CT molecular complexity index is 1190.